The maximum atomic E-state index is 11.7. The molecule has 3 N–H and O–H groups in total. The second kappa shape index (κ2) is 4.73. The molecule has 0 bridgehead atoms. The van der Waals surface area contributed by atoms with E-state index in [9.17, 15) is 4.79 Å². The van der Waals surface area contributed by atoms with Crippen LogP contribution in [0, 0.1) is 0 Å². The molecule has 0 aliphatic rings. The predicted molar refractivity (Wildman–Crippen MR) is 65.2 cm³/mol. The molecule has 2 aromatic rings. The Hall–Kier alpha value is -1.25. The number of nitrogen functional groups attached to an aromatic ring is 1. The average molecular weight is 302 g/mol. The largest absolute Gasteiger partial charge is 0.300 e. The van der Waals surface area contributed by atoms with Gasteiger partial charge in [0.15, 0.2) is 5.13 Å². The van der Waals surface area contributed by atoms with E-state index in [0.29, 0.717) is 16.1 Å². The molecular formula is C8H8BrN5OS. The van der Waals surface area contributed by atoms with Crippen LogP contribution in [-0.4, -0.2) is 14.5 Å². The Labute approximate surface area is 103 Å². The van der Waals surface area contributed by atoms with Crippen LogP contribution in [0.4, 0.5) is 5.13 Å². The van der Waals surface area contributed by atoms with Crippen molar-refractivity contribution in [3.63, 3.8) is 0 Å². The van der Waals surface area contributed by atoms with Gasteiger partial charge in [0.1, 0.15) is 4.47 Å². The lowest BCUT2D eigenvalue weighted by Gasteiger charge is -2.01. The summed E-state index contributed by atoms with van der Waals surface area (Å²) >= 11 is 4.53. The van der Waals surface area contributed by atoms with Crippen molar-refractivity contribution in [3.05, 3.63) is 38.4 Å². The molecule has 16 heavy (non-hydrogen) atoms. The summed E-state index contributed by atoms with van der Waals surface area (Å²) in [6.45, 7) is 0.435. The number of rotatable bonds is 3. The number of nitrogens with two attached hydrogens (primary N) is 1. The summed E-state index contributed by atoms with van der Waals surface area (Å²) in [5.41, 5.74) is 2.33. The van der Waals surface area contributed by atoms with E-state index in [2.05, 4.69) is 31.3 Å². The van der Waals surface area contributed by atoms with Gasteiger partial charge < -0.3 is 0 Å². The number of hydrogen-bond acceptors (Lipinski definition) is 6. The van der Waals surface area contributed by atoms with Crippen LogP contribution in [0.2, 0.25) is 0 Å². The molecular weight excluding hydrogens is 294 g/mol. The normalized spacial score (nSPS) is 10.4. The Morgan fingerprint density at radius 1 is 1.56 bits per heavy atom. The molecule has 2 aromatic heterocycles. The molecule has 0 fully saturated rings. The fraction of sp³-hybridized carbons (Fsp3) is 0.125. The maximum Gasteiger partial charge on any atom is 0.267 e. The third kappa shape index (κ3) is 2.29. The summed E-state index contributed by atoms with van der Waals surface area (Å²) < 4.78 is 1.94. The molecule has 0 aliphatic carbocycles. The minimum absolute atomic E-state index is 0.120. The van der Waals surface area contributed by atoms with Gasteiger partial charge in [0.05, 0.1) is 12.9 Å². The van der Waals surface area contributed by atoms with Crippen LogP contribution in [0.1, 0.15) is 4.88 Å². The van der Waals surface area contributed by atoms with E-state index in [1.54, 1.807) is 6.20 Å². The lowest BCUT2D eigenvalue weighted by molar-refractivity contribution is 0.738. The number of aromatic nitrogens is 3. The number of halogens is 1. The Balaban J connectivity index is 2.27. The molecule has 8 heteroatoms. The highest BCUT2D eigenvalue weighted by atomic mass is 79.9. The summed E-state index contributed by atoms with van der Waals surface area (Å²) in [6.07, 6.45) is 4.63. The molecule has 0 unspecified atom stereocenters. The van der Waals surface area contributed by atoms with Crippen LogP contribution in [-0.2, 0) is 6.54 Å². The number of anilines is 1. The van der Waals surface area contributed by atoms with Crippen molar-refractivity contribution < 1.29 is 0 Å². The third-order valence-corrected chi connectivity index (χ3v) is 3.32. The molecule has 0 aliphatic heterocycles. The highest BCUT2D eigenvalue weighted by molar-refractivity contribution is 9.10. The molecule has 0 radical (unpaired) electrons. The van der Waals surface area contributed by atoms with Crippen LogP contribution < -0.4 is 16.8 Å². The van der Waals surface area contributed by atoms with Gasteiger partial charge in [-0.3, -0.25) is 14.8 Å². The van der Waals surface area contributed by atoms with Crippen LogP contribution in [0.15, 0.2) is 28.0 Å². The van der Waals surface area contributed by atoms with E-state index in [4.69, 9.17) is 5.84 Å². The van der Waals surface area contributed by atoms with Crippen molar-refractivity contribution in [1.82, 2.24) is 14.5 Å². The first-order chi connectivity index (χ1) is 7.70. The van der Waals surface area contributed by atoms with E-state index in [-0.39, 0.29) is 5.56 Å². The molecule has 0 spiro atoms. The fourth-order valence-electron chi connectivity index (χ4n) is 1.15. The van der Waals surface area contributed by atoms with Gasteiger partial charge in [-0.15, -0.1) is 0 Å². The van der Waals surface area contributed by atoms with Gasteiger partial charge in [0, 0.05) is 17.3 Å². The number of hydrogen-bond donors (Lipinski definition) is 2. The Morgan fingerprint density at radius 3 is 3.06 bits per heavy atom. The summed E-state index contributed by atoms with van der Waals surface area (Å²) in [5, 5.41) is 0.617. The zero-order valence-electron chi connectivity index (χ0n) is 8.05. The minimum atomic E-state index is -0.120. The van der Waals surface area contributed by atoms with Gasteiger partial charge >= 0.3 is 0 Å². The Morgan fingerprint density at radius 2 is 2.38 bits per heavy atom. The first kappa shape index (κ1) is 11.2. The lowest BCUT2D eigenvalue weighted by Crippen LogP contribution is -2.20. The number of hydrazine groups is 1. The number of nitrogens with zero attached hydrogens (tertiary/aromatic N) is 3. The van der Waals surface area contributed by atoms with Crippen LogP contribution in [0.5, 0.6) is 0 Å². The highest BCUT2D eigenvalue weighted by Crippen LogP contribution is 2.17. The first-order valence-electron chi connectivity index (χ1n) is 4.32. The van der Waals surface area contributed by atoms with E-state index in [1.807, 2.05) is 0 Å². The molecule has 84 valence electrons. The summed E-state index contributed by atoms with van der Waals surface area (Å²) in [4.78, 5) is 20.5. The van der Waals surface area contributed by atoms with E-state index < -0.39 is 0 Å². The molecule has 0 amide bonds. The third-order valence-electron chi connectivity index (χ3n) is 1.86. The van der Waals surface area contributed by atoms with Crippen molar-refractivity contribution in [2.24, 2.45) is 5.84 Å². The van der Waals surface area contributed by atoms with Gasteiger partial charge in [-0.2, -0.15) is 0 Å². The SMILES string of the molecule is NNc1ncc(Cn2cncc(Br)c2=O)s1. The molecule has 0 aromatic carbocycles. The van der Waals surface area contributed by atoms with E-state index in [0.717, 1.165) is 4.88 Å². The standard InChI is InChI=1S/C8H8BrN5OS/c9-6-2-11-4-14(7(6)15)3-5-1-12-8(13-10)16-5/h1-2,4H,3,10H2,(H,12,13). The summed E-state index contributed by atoms with van der Waals surface area (Å²) in [7, 11) is 0. The number of nitrogens with one attached hydrogen (secondary N) is 1. The van der Waals surface area contributed by atoms with Crippen molar-refractivity contribution in [2.45, 2.75) is 6.54 Å². The Kier molecular flexibility index (Phi) is 3.32. The fourth-order valence-corrected chi connectivity index (χ4v) is 2.22. The van der Waals surface area contributed by atoms with Gasteiger partial charge in [-0.1, -0.05) is 11.3 Å². The van der Waals surface area contributed by atoms with Crippen molar-refractivity contribution in [3.8, 4) is 0 Å². The second-order valence-electron chi connectivity index (χ2n) is 2.95. The van der Waals surface area contributed by atoms with Crippen molar-refractivity contribution in [1.29, 1.82) is 0 Å². The van der Waals surface area contributed by atoms with E-state index in [1.165, 1.54) is 28.4 Å². The van der Waals surface area contributed by atoms with Crippen LogP contribution >= 0.6 is 27.3 Å². The van der Waals surface area contributed by atoms with Crippen molar-refractivity contribution in [2.75, 3.05) is 5.43 Å². The van der Waals surface area contributed by atoms with E-state index >= 15 is 0 Å². The quantitative estimate of drug-likeness (QED) is 0.647. The predicted octanol–water partition coefficient (Wildman–Crippen LogP) is 0.796. The van der Waals surface area contributed by atoms with Gasteiger partial charge in [0.2, 0.25) is 0 Å². The molecule has 2 heterocycles. The lowest BCUT2D eigenvalue weighted by atomic mass is 10.5. The smallest absolute Gasteiger partial charge is 0.267 e. The zero-order chi connectivity index (χ0) is 11.5. The summed E-state index contributed by atoms with van der Waals surface area (Å²) in [6, 6.07) is 0. The van der Waals surface area contributed by atoms with Gasteiger partial charge in [-0.25, -0.2) is 15.8 Å². The molecule has 0 saturated carbocycles. The summed E-state index contributed by atoms with van der Waals surface area (Å²) in [5.74, 6) is 5.22. The van der Waals surface area contributed by atoms with Crippen LogP contribution in [0.3, 0.4) is 0 Å². The molecule has 0 saturated heterocycles. The highest BCUT2D eigenvalue weighted by Gasteiger charge is 2.04. The molecule has 2 rings (SSSR count). The van der Waals surface area contributed by atoms with Gasteiger partial charge in [0.25, 0.3) is 5.56 Å². The minimum Gasteiger partial charge on any atom is -0.300 e. The zero-order valence-corrected chi connectivity index (χ0v) is 10.5. The topological polar surface area (TPSA) is 85.8 Å². The first-order valence-corrected chi connectivity index (χ1v) is 5.93. The molecule has 0 atom stereocenters. The second-order valence-corrected chi connectivity index (χ2v) is 4.92. The Bertz CT molecular complexity index is 551. The van der Waals surface area contributed by atoms with Crippen LogP contribution in [0.25, 0.3) is 0 Å². The number of thiazole rings is 1. The van der Waals surface area contributed by atoms with Crippen molar-refractivity contribution >= 4 is 32.4 Å². The maximum absolute atomic E-state index is 11.7. The van der Waals surface area contributed by atoms with Gasteiger partial charge in [-0.05, 0) is 15.9 Å². The monoisotopic (exact) mass is 301 g/mol. The average Bonchev–Trinajstić information content (AvgIpc) is 2.73. The molecule has 6 nitrogen and oxygen atoms in total.